The van der Waals surface area contributed by atoms with E-state index in [0.717, 1.165) is 11.1 Å². The first-order valence-electron chi connectivity index (χ1n) is 10.3. The Morgan fingerprint density at radius 2 is 1.48 bits per heavy atom. The Labute approximate surface area is 180 Å². The fourth-order valence-corrected chi connectivity index (χ4v) is 4.31. The van der Waals surface area contributed by atoms with Crippen LogP contribution in [0.3, 0.4) is 0 Å². The highest BCUT2D eigenvalue weighted by Crippen LogP contribution is 2.45. The Kier molecular flexibility index (Phi) is 4.75. The molecule has 2 aliphatic rings. The highest BCUT2D eigenvalue weighted by Gasteiger charge is 2.47. The third-order valence-corrected chi connectivity index (χ3v) is 5.80. The summed E-state index contributed by atoms with van der Waals surface area (Å²) in [6, 6.07) is 24.2. The average molecular weight is 411 g/mol. The molecule has 0 saturated carbocycles. The number of carbonyl (C=O) groups excluding carboxylic acids is 3. The van der Waals surface area contributed by atoms with E-state index in [4.69, 9.17) is 0 Å². The highest BCUT2D eigenvalue weighted by atomic mass is 16.2. The summed E-state index contributed by atoms with van der Waals surface area (Å²) in [7, 11) is 0. The van der Waals surface area contributed by atoms with Crippen molar-refractivity contribution in [2.75, 3.05) is 11.4 Å². The van der Waals surface area contributed by atoms with Crippen LogP contribution in [-0.4, -0.2) is 29.2 Å². The van der Waals surface area contributed by atoms with Gasteiger partial charge in [-0.2, -0.15) is 0 Å². The van der Waals surface area contributed by atoms with Crippen LogP contribution in [-0.2, 0) is 11.3 Å². The average Bonchev–Trinajstić information content (AvgIpc) is 3.11. The van der Waals surface area contributed by atoms with Gasteiger partial charge in [0, 0.05) is 30.6 Å². The maximum absolute atomic E-state index is 13.3. The van der Waals surface area contributed by atoms with Gasteiger partial charge in [0.1, 0.15) is 6.17 Å². The molecule has 3 amide bonds. The fraction of sp³-hybridized carbons (Fsp3) is 0.160. The molecule has 3 aromatic rings. The minimum atomic E-state index is -0.534. The number of amides is 3. The summed E-state index contributed by atoms with van der Waals surface area (Å²) in [6.45, 7) is 0.657. The van der Waals surface area contributed by atoms with Gasteiger partial charge in [0.15, 0.2) is 0 Å². The number of fused-ring (bicyclic) bond motifs is 5. The van der Waals surface area contributed by atoms with Gasteiger partial charge >= 0.3 is 0 Å². The largest absolute Gasteiger partial charge is 0.352 e. The monoisotopic (exact) mass is 411 g/mol. The summed E-state index contributed by atoms with van der Waals surface area (Å²) in [5, 5.41) is 2.90. The molecular formula is C25H21N3O3. The van der Waals surface area contributed by atoms with Crippen molar-refractivity contribution >= 4 is 23.4 Å². The van der Waals surface area contributed by atoms with Crippen LogP contribution in [0, 0.1) is 0 Å². The van der Waals surface area contributed by atoms with Crippen LogP contribution in [0.5, 0.6) is 0 Å². The number of rotatable bonds is 5. The third kappa shape index (κ3) is 3.26. The summed E-state index contributed by atoms with van der Waals surface area (Å²) < 4.78 is 0. The van der Waals surface area contributed by atoms with Crippen molar-refractivity contribution in [2.45, 2.75) is 19.1 Å². The first kappa shape index (κ1) is 19.1. The Morgan fingerprint density at radius 3 is 2.29 bits per heavy atom. The zero-order chi connectivity index (χ0) is 21.4. The van der Waals surface area contributed by atoms with E-state index in [1.165, 1.54) is 0 Å². The molecule has 3 aromatic carbocycles. The van der Waals surface area contributed by atoms with Gasteiger partial charge in [0.2, 0.25) is 5.91 Å². The molecule has 0 aliphatic carbocycles. The van der Waals surface area contributed by atoms with Gasteiger partial charge in [-0.25, -0.2) is 0 Å². The normalized spacial score (nSPS) is 16.6. The Morgan fingerprint density at radius 1 is 0.806 bits per heavy atom. The first-order valence-corrected chi connectivity index (χ1v) is 10.3. The van der Waals surface area contributed by atoms with Crippen molar-refractivity contribution in [3.8, 4) is 0 Å². The van der Waals surface area contributed by atoms with Gasteiger partial charge in [-0.3, -0.25) is 19.3 Å². The molecule has 1 atom stereocenters. The maximum atomic E-state index is 13.3. The van der Waals surface area contributed by atoms with Gasteiger partial charge in [-0.15, -0.1) is 0 Å². The zero-order valence-electron chi connectivity index (χ0n) is 16.8. The van der Waals surface area contributed by atoms with Crippen molar-refractivity contribution in [3.63, 3.8) is 0 Å². The molecule has 6 heteroatoms. The lowest BCUT2D eigenvalue weighted by atomic mass is 10.0. The number of nitrogens with one attached hydrogen (secondary N) is 1. The molecule has 5 rings (SSSR count). The molecule has 1 N–H and O–H groups in total. The maximum Gasteiger partial charge on any atom is 0.260 e. The van der Waals surface area contributed by atoms with E-state index >= 15 is 0 Å². The number of anilines is 1. The molecule has 0 radical (unpaired) electrons. The predicted molar refractivity (Wildman–Crippen MR) is 116 cm³/mol. The number of para-hydroxylation sites is 1. The second kappa shape index (κ2) is 7.72. The van der Waals surface area contributed by atoms with Crippen molar-refractivity contribution in [1.82, 2.24) is 10.2 Å². The zero-order valence-corrected chi connectivity index (χ0v) is 16.8. The number of hydrogen-bond acceptors (Lipinski definition) is 3. The van der Waals surface area contributed by atoms with Gasteiger partial charge in [0.25, 0.3) is 11.8 Å². The van der Waals surface area contributed by atoms with Crippen molar-refractivity contribution in [1.29, 1.82) is 0 Å². The SMILES string of the molecule is O=C(CCN1C(=O)c2ccccc2N2C(=O)c3ccccc3[C@H]12)NCc1ccccc1. The first-order chi connectivity index (χ1) is 15.1. The highest BCUT2D eigenvalue weighted by molar-refractivity contribution is 6.16. The second-order valence-corrected chi connectivity index (χ2v) is 7.66. The predicted octanol–water partition coefficient (Wildman–Crippen LogP) is 3.51. The van der Waals surface area contributed by atoms with E-state index in [2.05, 4.69) is 5.32 Å². The van der Waals surface area contributed by atoms with Crippen LogP contribution in [0.2, 0.25) is 0 Å². The van der Waals surface area contributed by atoms with E-state index in [-0.39, 0.29) is 30.7 Å². The van der Waals surface area contributed by atoms with Crippen LogP contribution in [0.1, 0.15) is 44.4 Å². The number of hydrogen-bond donors (Lipinski definition) is 1. The minimum Gasteiger partial charge on any atom is -0.352 e. The minimum absolute atomic E-state index is 0.126. The molecule has 0 bridgehead atoms. The molecule has 0 spiro atoms. The molecule has 0 unspecified atom stereocenters. The van der Waals surface area contributed by atoms with Gasteiger partial charge < -0.3 is 10.2 Å². The summed E-state index contributed by atoms with van der Waals surface area (Å²) in [6.07, 6.45) is -0.380. The molecular weight excluding hydrogens is 390 g/mol. The lowest BCUT2D eigenvalue weighted by molar-refractivity contribution is -0.121. The van der Waals surface area contributed by atoms with Gasteiger partial charge in [0.05, 0.1) is 11.3 Å². The van der Waals surface area contributed by atoms with Crippen LogP contribution in [0.4, 0.5) is 5.69 Å². The van der Waals surface area contributed by atoms with Crippen molar-refractivity contribution in [3.05, 3.63) is 101 Å². The fourth-order valence-electron chi connectivity index (χ4n) is 4.31. The van der Waals surface area contributed by atoms with E-state index in [1.807, 2.05) is 54.6 Å². The Balaban J connectivity index is 1.39. The van der Waals surface area contributed by atoms with E-state index in [1.54, 1.807) is 34.1 Å². The van der Waals surface area contributed by atoms with Crippen molar-refractivity contribution in [2.24, 2.45) is 0 Å². The Bertz CT molecular complexity index is 1180. The second-order valence-electron chi connectivity index (χ2n) is 7.66. The standard InChI is InChI=1S/C25H21N3O3/c29-22(26-16-17-8-2-1-3-9-17)14-15-27-23-18-10-4-5-11-19(18)25(31)28(23)21-13-7-6-12-20(21)24(27)30/h1-13,23H,14-16H2,(H,26,29)/t23-/m1/s1. The number of carbonyl (C=O) groups is 3. The topological polar surface area (TPSA) is 69.7 Å². The van der Waals surface area contributed by atoms with Crippen LogP contribution < -0.4 is 10.2 Å². The van der Waals surface area contributed by atoms with Crippen LogP contribution in [0.25, 0.3) is 0 Å². The number of benzene rings is 3. The summed E-state index contributed by atoms with van der Waals surface area (Å²) in [4.78, 5) is 42.3. The summed E-state index contributed by atoms with van der Waals surface area (Å²) in [5.74, 6) is -0.434. The molecule has 2 aliphatic heterocycles. The summed E-state index contributed by atoms with van der Waals surface area (Å²) >= 11 is 0. The van der Waals surface area contributed by atoms with E-state index in [0.29, 0.717) is 23.4 Å². The molecule has 154 valence electrons. The van der Waals surface area contributed by atoms with Gasteiger partial charge in [-0.05, 0) is 23.8 Å². The quantitative estimate of drug-likeness (QED) is 0.699. The van der Waals surface area contributed by atoms with Crippen LogP contribution >= 0.6 is 0 Å². The molecule has 0 aromatic heterocycles. The molecule has 0 saturated heterocycles. The van der Waals surface area contributed by atoms with E-state index in [9.17, 15) is 14.4 Å². The lowest BCUT2D eigenvalue weighted by Gasteiger charge is -2.40. The molecule has 31 heavy (non-hydrogen) atoms. The lowest BCUT2D eigenvalue weighted by Crippen LogP contribution is -2.49. The molecule has 6 nitrogen and oxygen atoms in total. The Hall–Kier alpha value is -3.93. The molecule has 2 heterocycles. The van der Waals surface area contributed by atoms with E-state index < -0.39 is 6.17 Å². The van der Waals surface area contributed by atoms with Crippen molar-refractivity contribution < 1.29 is 14.4 Å². The van der Waals surface area contributed by atoms with Gasteiger partial charge in [-0.1, -0.05) is 60.7 Å². The van der Waals surface area contributed by atoms with Crippen LogP contribution in [0.15, 0.2) is 78.9 Å². The molecule has 0 fully saturated rings. The smallest absolute Gasteiger partial charge is 0.260 e. The summed E-state index contributed by atoms with van der Waals surface area (Å²) in [5.41, 5.74) is 3.49. The third-order valence-electron chi connectivity index (χ3n) is 5.80. The number of nitrogens with zero attached hydrogens (tertiary/aromatic N) is 2.